The second kappa shape index (κ2) is 12.8. The number of halogens is 2. The maximum absolute atomic E-state index is 17.1. The molecule has 1 saturated carbocycles. The largest absolute Gasteiger partial charge is 0.480 e. The maximum Gasteiger partial charge on any atom is 0.319 e. The number of aromatic amines is 1. The van der Waals surface area contributed by atoms with Crippen molar-refractivity contribution in [3.05, 3.63) is 28.7 Å². The lowest BCUT2D eigenvalue weighted by molar-refractivity contribution is -0.0731. The fraction of sp³-hybridized carbons (Fsp3) is 0.600. The number of H-pyrrole nitrogens is 1. The Morgan fingerprint density at radius 1 is 1.16 bits per heavy atom. The molecule has 3 saturated heterocycles. The molecule has 4 aromatic rings. The number of aromatic nitrogens is 5. The molecule has 49 heavy (non-hydrogen) atoms. The fourth-order valence-corrected chi connectivity index (χ4v) is 8.73. The first kappa shape index (κ1) is 32.8. The van der Waals surface area contributed by atoms with Crippen LogP contribution in [0.4, 0.5) is 10.2 Å². The first-order chi connectivity index (χ1) is 23.7. The Hall–Kier alpha value is -3.36. The Balaban J connectivity index is 1.24. The third-order valence-corrected chi connectivity index (χ3v) is 11.4. The van der Waals surface area contributed by atoms with E-state index >= 15 is 4.39 Å². The number of pyridine rings is 1. The average molecular weight is 696 g/mol. The van der Waals surface area contributed by atoms with Crippen molar-refractivity contribution in [2.45, 2.75) is 57.6 Å². The van der Waals surface area contributed by atoms with Gasteiger partial charge in [-0.05, 0) is 57.7 Å². The molecule has 3 aromatic heterocycles. The SMILES string of the molecule is COc1nc(-c2c(Cl)c(C)cc3[nH]ncc23)c(F)c2nc(OC[C@]34CCC[C@H]3N(CC3COC3)CCC4)nc(N3CCOC[C@@](C)(O)C3)c12. The van der Waals surface area contributed by atoms with E-state index in [9.17, 15) is 5.11 Å². The second-order valence-corrected chi connectivity index (χ2v) is 15.0. The number of piperidine rings is 1. The molecule has 8 rings (SSSR count). The number of nitrogens with zero attached hydrogens (tertiary/aromatic N) is 6. The van der Waals surface area contributed by atoms with Crippen LogP contribution >= 0.6 is 11.6 Å². The lowest BCUT2D eigenvalue weighted by Gasteiger charge is -2.48. The van der Waals surface area contributed by atoms with Crippen molar-refractivity contribution in [3.8, 4) is 23.1 Å². The Labute approximate surface area is 289 Å². The summed E-state index contributed by atoms with van der Waals surface area (Å²) in [6.45, 7) is 8.88. The molecule has 0 unspecified atom stereocenters. The van der Waals surface area contributed by atoms with Crippen LogP contribution in [-0.2, 0) is 9.47 Å². The van der Waals surface area contributed by atoms with E-state index in [1.165, 1.54) is 7.11 Å². The van der Waals surface area contributed by atoms with Gasteiger partial charge < -0.3 is 29.0 Å². The number of nitrogens with one attached hydrogen (secondary N) is 1. The van der Waals surface area contributed by atoms with Gasteiger partial charge in [0.15, 0.2) is 5.82 Å². The highest BCUT2D eigenvalue weighted by Gasteiger charge is 2.49. The second-order valence-electron chi connectivity index (χ2n) is 14.6. The molecule has 12 nitrogen and oxygen atoms in total. The third kappa shape index (κ3) is 5.86. The monoisotopic (exact) mass is 695 g/mol. The fourth-order valence-electron chi connectivity index (χ4n) is 8.49. The van der Waals surface area contributed by atoms with E-state index in [1.54, 1.807) is 13.1 Å². The molecule has 0 bridgehead atoms. The molecule has 3 atom stereocenters. The molecule has 0 radical (unpaired) electrons. The summed E-state index contributed by atoms with van der Waals surface area (Å²) in [5.74, 6) is 0.398. The number of anilines is 1. The molecular formula is C35H43ClFN7O5. The lowest BCUT2D eigenvalue weighted by Crippen LogP contribution is -2.54. The van der Waals surface area contributed by atoms with E-state index in [0.29, 0.717) is 59.0 Å². The predicted octanol–water partition coefficient (Wildman–Crippen LogP) is 4.93. The highest BCUT2D eigenvalue weighted by molar-refractivity contribution is 6.35. The van der Waals surface area contributed by atoms with E-state index in [1.807, 2.05) is 17.9 Å². The van der Waals surface area contributed by atoms with Gasteiger partial charge in [-0.15, -0.1) is 0 Å². The van der Waals surface area contributed by atoms with Crippen molar-refractivity contribution in [3.63, 3.8) is 0 Å². The molecule has 2 N–H and O–H groups in total. The van der Waals surface area contributed by atoms with Crippen molar-refractivity contribution in [1.82, 2.24) is 30.0 Å². The van der Waals surface area contributed by atoms with Gasteiger partial charge in [0.05, 0.1) is 63.4 Å². The highest BCUT2D eigenvalue weighted by Crippen LogP contribution is 2.49. The average Bonchev–Trinajstić information content (AvgIpc) is 3.67. The van der Waals surface area contributed by atoms with Crippen molar-refractivity contribution >= 4 is 39.2 Å². The summed E-state index contributed by atoms with van der Waals surface area (Å²) in [6.07, 6.45) is 7.09. The highest BCUT2D eigenvalue weighted by atomic mass is 35.5. The number of methoxy groups -OCH3 is 1. The van der Waals surface area contributed by atoms with E-state index in [4.69, 9.17) is 45.5 Å². The Morgan fingerprint density at radius 2 is 2.00 bits per heavy atom. The van der Waals surface area contributed by atoms with E-state index in [2.05, 4.69) is 15.1 Å². The Bertz CT molecular complexity index is 1890. The molecule has 1 aromatic carbocycles. The van der Waals surface area contributed by atoms with E-state index < -0.39 is 11.4 Å². The summed E-state index contributed by atoms with van der Waals surface area (Å²) < 4.78 is 40.7. The first-order valence-electron chi connectivity index (χ1n) is 17.2. The Kier molecular flexibility index (Phi) is 8.54. The molecule has 3 aliphatic heterocycles. The number of rotatable bonds is 8. The van der Waals surface area contributed by atoms with Gasteiger partial charge in [0.25, 0.3) is 0 Å². The Morgan fingerprint density at radius 3 is 2.80 bits per heavy atom. The summed E-state index contributed by atoms with van der Waals surface area (Å²) in [6, 6.07) is 2.35. The molecule has 0 amide bonds. The normalized spacial score (nSPS) is 26.6. The zero-order chi connectivity index (χ0) is 33.9. The van der Waals surface area contributed by atoms with Gasteiger partial charge in [0.2, 0.25) is 5.88 Å². The van der Waals surface area contributed by atoms with Crippen molar-refractivity contribution in [2.75, 3.05) is 71.2 Å². The van der Waals surface area contributed by atoms with Crippen LogP contribution in [0.2, 0.25) is 5.02 Å². The number of aliphatic hydroxyl groups is 1. The summed E-state index contributed by atoms with van der Waals surface area (Å²) in [5.41, 5.74) is 0.605. The van der Waals surface area contributed by atoms with Crippen LogP contribution in [0.15, 0.2) is 12.3 Å². The number of aryl methyl sites for hydroxylation is 1. The summed E-state index contributed by atoms with van der Waals surface area (Å²) in [7, 11) is 1.48. The molecule has 14 heteroatoms. The van der Waals surface area contributed by atoms with Crippen molar-refractivity contribution in [1.29, 1.82) is 0 Å². The molecule has 4 fully saturated rings. The van der Waals surface area contributed by atoms with Gasteiger partial charge >= 0.3 is 6.01 Å². The van der Waals surface area contributed by atoms with E-state index in [0.717, 1.165) is 64.0 Å². The summed E-state index contributed by atoms with van der Waals surface area (Å²) in [5, 5.41) is 19.5. The van der Waals surface area contributed by atoms with Crippen LogP contribution in [0.1, 0.15) is 44.6 Å². The van der Waals surface area contributed by atoms with Crippen LogP contribution in [0, 0.1) is 24.1 Å². The molecule has 0 spiro atoms. The maximum atomic E-state index is 17.1. The van der Waals surface area contributed by atoms with Gasteiger partial charge in [0, 0.05) is 41.4 Å². The predicted molar refractivity (Wildman–Crippen MR) is 183 cm³/mol. The molecular weight excluding hydrogens is 653 g/mol. The number of β-amino-alcohol motifs (C(OH)–C–C–N with tert-alkyl or cyclic N) is 1. The van der Waals surface area contributed by atoms with Crippen molar-refractivity contribution in [2.24, 2.45) is 11.3 Å². The summed E-state index contributed by atoms with van der Waals surface area (Å²) in [4.78, 5) is 18.9. The van der Waals surface area contributed by atoms with Gasteiger partial charge in [-0.25, -0.2) is 9.37 Å². The van der Waals surface area contributed by atoms with Crippen molar-refractivity contribution < 1.29 is 28.4 Å². The van der Waals surface area contributed by atoms with Gasteiger partial charge in [-0.3, -0.25) is 10.00 Å². The lowest BCUT2D eigenvalue weighted by atomic mass is 9.75. The number of likely N-dealkylation sites (tertiary alicyclic amines) is 1. The van der Waals surface area contributed by atoms with Crippen LogP contribution in [0.5, 0.6) is 11.9 Å². The summed E-state index contributed by atoms with van der Waals surface area (Å²) >= 11 is 6.85. The molecule has 6 heterocycles. The van der Waals surface area contributed by atoms with Crippen LogP contribution in [0.25, 0.3) is 33.1 Å². The number of ether oxygens (including phenoxy) is 4. The third-order valence-electron chi connectivity index (χ3n) is 10.9. The topological polar surface area (TPSA) is 131 Å². The van der Waals surface area contributed by atoms with Gasteiger partial charge in [-0.2, -0.15) is 15.1 Å². The standard InChI is InChI=1S/C35H43ClFN7O5/c1-20-12-23-22(13-38-42-23)25(27(20)36)29-28(37)30-26(32(39-29)46-3)31(44-10-11-47-18-34(2,45)17-44)41-33(40-30)49-19-35-7-4-6-24(35)43(9-5-8-35)14-21-15-48-16-21/h12-13,21,24,45H,4-11,14-19H2,1-3H3,(H,38,42)/t24-,34+,35-/m1/s1. The minimum atomic E-state index is -1.18. The number of benzene rings is 1. The number of fused-ring (bicyclic) bond motifs is 3. The molecule has 1 aliphatic carbocycles. The van der Waals surface area contributed by atoms with Crippen LogP contribution in [0.3, 0.4) is 0 Å². The zero-order valence-corrected chi connectivity index (χ0v) is 29.0. The first-order valence-corrected chi connectivity index (χ1v) is 17.6. The molecule has 262 valence electrons. The van der Waals surface area contributed by atoms with Crippen LogP contribution in [-0.4, -0.2) is 113 Å². The minimum absolute atomic E-state index is 0.00315. The number of hydrogen-bond acceptors (Lipinski definition) is 11. The molecule has 4 aliphatic rings. The number of hydrogen-bond donors (Lipinski definition) is 2. The van der Waals surface area contributed by atoms with Crippen LogP contribution < -0.4 is 14.4 Å². The quantitative estimate of drug-likeness (QED) is 0.260. The van der Waals surface area contributed by atoms with E-state index in [-0.39, 0.29) is 47.1 Å². The minimum Gasteiger partial charge on any atom is -0.480 e. The zero-order valence-electron chi connectivity index (χ0n) is 28.2. The van der Waals surface area contributed by atoms with Gasteiger partial charge in [-0.1, -0.05) is 18.0 Å². The van der Waals surface area contributed by atoms with Gasteiger partial charge in [0.1, 0.15) is 28.0 Å². The smallest absolute Gasteiger partial charge is 0.319 e.